The van der Waals surface area contributed by atoms with Gasteiger partial charge in [-0.15, -0.1) is 0 Å². The third-order valence-electron chi connectivity index (χ3n) is 2.98. The van der Waals surface area contributed by atoms with E-state index in [1.807, 2.05) is 24.3 Å². The van der Waals surface area contributed by atoms with Crippen molar-refractivity contribution in [2.45, 2.75) is 26.9 Å². The van der Waals surface area contributed by atoms with E-state index in [0.29, 0.717) is 0 Å². The summed E-state index contributed by atoms with van der Waals surface area (Å²) in [5.74, 6) is 1.95. The quantitative estimate of drug-likeness (QED) is 0.830. The van der Waals surface area contributed by atoms with E-state index in [4.69, 9.17) is 4.42 Å². The Balaban J connectivity index is 2.09. The molecule has 4 nitrogen and oxygen atoms in total. The van der Waals surface area contributed by atoms with Crippen LogP contribution in [0.4, 0.5) is 5.82 Å². The van der Waals surface area contributed by atoms with Crippen LogP contribution < -0.4 is 10.2 Å². The number of hydrogen-bond donors (Lipinski definition) is 1. The fourth-order valence-corrected chi connectivity index (χ4v) is 1.94. The molecular weight excluding hydrogens is 238 g/mol. The minimum atomic E-state index is 0.751. The maximum atomic E-state index is 5.40. The number of furan rings is 1. The molecule has 0 unspecified atom stereocenters. The van der Waals surface area contributed by atoms with Crippen LogP contribution in [-0.2, 0) is 13.1 Å². The third kappa shape index (κ3) is 3.83. The zero-order chi connectivity index (χ0) is 13.5. The molecule has 0 fully saturated rings. The molecule has 102 valence electrons. The zero-order valence-corrected chi connectivity index (χ0v) is 11.6. The van der Waals surface area contributed by atoms with E-state index in [1.54, 1.807) is 6.26 Å². The number of pyridine rings is 1. The maximum absolute atomic E-state index is 5.40. The van der Waals surface area contributed by atoms with Crippen LogP contribution in [-0.4, -0.2) is 18.1 Å². The molecular formula is C15H21N3O. The molecule has 0 aliphatic rings. The predicted octanol–water partition coefficient (Wildman–Crippen LogP) is 2.81. The van der Waals surface area contributed by atoms with E-state index in [1.165, 1.54) is 0 Å². The first kappa shape index (κ1) is 13.6. The van der Waals surface area contributed by atoms with Crippen molar-refractivity contribution >= 4 is 5.82 Å². The topological polar surface area (TPSA) is 41.3 Å². The predicted molar refractivity (Wildman–Crippen MR) is 77.0 cm³/mol. The normalized spacial score (nSPS) is 10.6. The lowest BCUT2D eigenvalue weighted by molar-refractivity contribution is 0.502. The minimum Gasteiger partial charge on any atom is -0.467 e. The van der Waals surface area contributed by atoms with Crippen molar-refractivity contribution in [1.29, 1.82) is 0 Å². The molecule has 0 radical (unpaired) electrons. The molecule has 0 aliphatic heterocycles. The highest BCUT2D eigenvalue weighted by molar-refractivity contribution is 5.39. The van der Waals surface area contributed by atoms with Gasteiger partial charge in [-0.3, -0.25) is 0 Å². The first-order valence-corrected chi connectivity index (χ1v) is 6.77. The molecule has 2 aromatic heterocycles. The first-order chi connectivity index (χ1) is 9.33. The number of rotatable bonds is 7. The standard InChI is InChI=1S/C15H21N3O/c1-3-16-11-13-7-5-9-15(17-13)18(4-2)12-14-8-6-10-19-14/h5-10,16H,3-4,11-12H2,1-2H3. The number of nitrogens with zero attached hydrogens (tertiary/aromatic N) is 2. The van der Waals surface area contributed by atoms with Gasteiger partial charge < -0.3 is 14.6 Å². The Hall–Kier alpha value is -1.81. The van der Waals surface area contributed by atoms with Gasteiger partial charge >= 0.3 is 0 Å². The van der Waals surface area contributed by atoms with Crippen molar-refractivity contribution in [2.24, 2.45) is 0 Å². The molecule has 0 bridgehead atoms. The van der Waals surface area contributed by atoms with Crippen molar-refractivity contribution in [3.8, 4) is 0 Å². The van der Waals surface area contributed by atoms with Crippen molar-refractivity contribution in [3.63, 3.8) is 0 Å². The van der Waals surface area contributed by atoms with Crippen LogP contribution in [0.15, 0.2) is 41.0 Å². The Morgan fingerprint density at radius 3 is 2.79 bits per heavy atom. The number of hydrogen-bond acceptors (Lipinski definition) is 4. The van der Waals surface area contributed by atoms with Crippen molar-refractivity contribution < 1.29 is 4.42 Å². The van der Waals surface area contributed by atoms with Gasteiger partial charge in [0.05, 0.1) is 18.5 Å². The van der Waals surface area contributed by atoms with Crippen molar-refractivity contribution in [2.75, 3.05) is 18.0 Å². The van der Waals surface area contributed by atoms with E-state index in [2.05, 4.69) is 35.1 Å². The van der Waals surface area contributed by atoms with Crippen LogP contribution in [0.3, 0.4) is 0 Å². The Kier molecular flexibility index (Phi) is 4.98. The molecule has 0 saturated carbocycles. The Morgan fingerprint density at radius 1 is 1.21 bits per heavy atom. The highest BCUT2D eigenvalue weighted by Gasteiger charge is 2.08. The zero-order valence-electron chi connectivity index (χ0n) is 11.6. The van der Waals surface area contributed by atoms with Crippen LogP contribution in [0, 0.1) is 0 Å². The number of nitrogens with one attached hydrogen (secondary N) is 1. The highest BCUT2D eigenvalue weighted by atomic mass is 16.3. The van der Waals surface area contributed by atoms with Crippen LogP contribution in [0.2, 0.25) is 0 Å². The number of anilines is 1. The molecule has 0 spiro atoms. The summed E-state index contributed by atoms with van der Waals surface area (Å²) in [5.41, 5.74) is 1.07. The molecule has 0 amide bonds. The van der Waals surface area contributed by atoms with Crippen LogP contribution >= 0.6 is 0 Å². The van der Waals surface area contributed by atoms with Gasteiger partial charge in [0, 0.05) is 13.1 Å². The Morgan fingerprint density at radius 2 is 2.11 bits per heavy atom. The lowest BCUT2D eigenvalue weighted by Gasteiger charge is -2.21. The van der Waals surface area contributed by atoms with Crippen molar-refractivity contribution in [3.05, 3.63) is 48.0 Å². The van der Waals surface area contributed by atoms with Gasteiger partial charge in [0.25, 0.3) is 0 Å². The molecule has 0 aliphatic carbocycles. The van der Waals surface area contributed by atoms with Crippen LogP contribution in [0.5, 0.6) is 0 Å². The maximum Gasteiger partial charge on any atom is 0.129 e. The summed E-state index contributed by atoms with van der Waals surface area (Å²) in [6.07, 6.45) is 1.71. The SMILES string of the molecule is CCNCc1cccc(N(CC)Cc2ccco2)n1. The van der Waals surface area contributed by atoms with E-state index in [9.17, 15) is 0 Å². The molecule has 2 aromatic rings. The van der Waals surface area contributed by atoms with Gasteiger partial charge in [0.1, 0.15) is 11.6 Å². The second-order valence-electron chi connectivity index (χ2n) is 4.36. The second kappa shape index (κ2) is 6.95. The average Bonchev–Trinajstić information content (AvgIpc) is 2.96. The summed E-state index contributed by atoms with van der Waals surface area (Å²) in [4.78, 5) is 6.89. The summed E-state index contributed by atoms with van der Waals surface area (Å²) in [6.45, 7) is 7.64. The Labute approximate surface area is 114 Å². The monoisotopic (exact) mass is 259 g/mol. The highest BCUT2D eigenvalue weighted by Crippen LogP contribution is 2.15. The molecule has 0 atom stereocenters. The average molecular weight is 259 g/mol. The van der Waals surface area contributed by atoms with E-state index >= 15 is 0 Å². The first-order valence-electron chi connectivity index (χ1n) is 6.77. The van der Waals surface area contributed by atoms with Gasteiger partial charge in [0.15, 0.2) is 0 Å². The van der Waals surface area contributed by atoms with E-state index < -0.39 is 0 Å². The summed E-state index contributed by atoms with van der Waals surface area (Å²) < 4.78 is 5.40. The minimum absolute atomic E-state index is 0.751. The van der Waals surface area contributed by atoms with E-state index in [-0.39, 0.29) is 0 Å². The van der Waals surface area contributed by atoms with Gasteiger partial charge in [-0.05, 0) is 37.7 Å². The summed E-state index contributed by atoms with van der Waals surface area (Å²) >= 11 is 0. The molecule has 1 N–H and O–H groups in total. The lowest BCUT2D eigenvalue weighted by atomic mass is 10.3. The molecule has 2 heterocycles. The lowest BCUT2D eigenvalue weighted by Crippen LogP contribution is -2.23. The van der Waals surface area contributed by atoms with Crippen molar-refractivity contribution in [1.82, 2.24) is 10.3 Å². The third-order valence-corrected chi connectivity index (χ3v) is 2.98. The summed E-state index contributed by atoms with van der Waals surface area (Å²) in [5, 5.41) is 3.29. The van der Waals surface area contributed by atoms with Gasteiger partial charge in [-0.25, -0.2) is 4.98 Å². The summed E-state index contributed by atoms with van der Waals surface area (Å²) in [7, 11) is 0. The smallest absolute Gasteiger partial charge is 0.129 e. The van der Waals surface area contributed by atoms with E-state index in [0.717, 1.165) is 43.5 Å². The number of aromatic nitrogens is 1. The second-order valence-corrected chi connectivity index (χ2v) is 4.36. The molecule has 4 heteroatoms. The molecule has 2 rings (SSSR count). The Bertz CT molecular complexity index is 482. The van der Waals surface area contributed by atoms with Crippen LogP contribution in [0.25, 0.3) is 0 Å². The summed E-state index contributed by atoms with van der Waals surface area (Å²) in [6, 6.07) is 10.1. The van der Waals surface area contributed by atoms with Gasteiger partial charge in [0.2, 0.25) is 0 Å². The largest absolute Gasteiger partial charge is 0.467 e. The van der Waals surface area contributed by atoms with Gasteiger partial charge in [-0.1, -0.05) is 13.0 Å². The fraction of sp³-hybridized carbons (Fsp3) is 0.400. The fourth-order valence-electron chi connectivity index (χ4n) is 1.94. The molecule has 0 aromatic carbocycles. The molecule has 0 saturated heterocycles. The van der Waals surface area contributed by atoms with Gasteiger partial charge in [-0.2, -0.15) is 0 Å². The molecule has 19 heavy (non-hydrogen) atoms. The van der Waals surface area contributed by atoms with Crippen LogP contribution in [0.1, 0.15) is 25.3 Å².